The molecule has 1 aliphatic heterocycles. The molecule has 0 aliphatic carbocycles. The molecule has 148 valence electrons. The Labute approximate surface area is 161 Å². The van der Waals surface area contributed by atoms with Crippen molar-refractivity contribution in [1.82, 2.24) is 25.2 Å². The van der Waals surface area contributed by atoms with Gasteiger partial charge in [-0.1, -0.05) is 5.16 Å². The van der Waals surface area contributed by atoms with E-state index < -0.39 is 0 Å². The molecule has 4 rings (SSSR count). The number of ether oxygens (including phenoxy) is 1. The molecule has 3 aromatic rings. The molecular formula is C19H23N5O4. The quantitative estimate of drug-likeness (QED) is 0.584. The van der Waals surface area contributed by atoms with E-state index in [9.17, 15) is 4.79 Å². The molecule has 2 N–H and O–H groups in total. The van der Waals surface area contributed by atoms with Crippen LogP contribution in [0.3, 0.4) is 0 Å². The van der Waals surface area contributed by atoms with Gasteiger partial charge in [0.15, 0.2) is 11.5 Å². The van der Waals surface area contributed by atoms with Gasteiger partial charge < -0.3 is 19.3 Å². The third-order valence-corrected chi connectivity index (χ3v) is 4.90. The summed E-state index contributed by atoms with van der Waals surface area (Å²) in [5, 5.41) is 20.6. The van der Waals surface area contributed by atoms with Crippen molar-refractivity contribution >= 4 is 16.8 Å². The van der Waals surface area contributed by atoms with E-state index >= 15 is 0 Å². The Balaban J connectivity index is 1.34. The zero-order chi connectivity index (χ0) is 19.3. The summed E-state index contributed by atoms with van der Waals surface area (Å²) in [6, 6.07) is 7.47. The Morgan fingerprint density at radius 3 is 2.89 bits per heavy atom. The molecule has 1 aromatic carbocycles. The lowest BCUT2D eigenvalue weighted by Gasteiger charge is -2.34. The first kappa shape index (κ1) is 18.6. The van der Waals surface area contributed by atoms with Gasteiger partial charge in [0, 0.05) is 49.7 Å². The fourth-order valence-corrected chi connectivity index (χ4v) is 3.30. The number of amides is 1. The van der Waals surface area contributed by atoms with Crippen LogP contribution in [0.15, 0.2) is 35.0 Å². The monoisotopic (exact) mass is 385 g/mol. The van der Waals surface area contributed by atoms with E-state index in [-0.39, 0.29) is 12.5 Å². The molecule has 28 heavy (non-hydrogen) atoms. The molecule has 0 unspecified atom stereocenters. The molecule has 1 fully saturated rings. The SMILES string of the molecule is O=C(c1cc(-c2ccc3[nH]ncc3c2)on1)N1CCN(CCOCCO)CC1. The fraction of sp³-hybridized carbons (Fsp3) is 0.421. The average molecular weight is 385 g/mol. The summed E-state index contributed by atoms with van der Waals surface area (Å²) in [5.41, 5.74) is 2.12. The van der Waals surface area contributed by atoms with Crippen LogP contribution in [0, 0.1) is 0 Å². The number of carbonyl (C=O) groups excluding carboxylic acids is 1. The summed E-state index contributed by atoms with van der Waals surface area (Å²) < 4.78 is 10.7. The molecule has 0 spiro atoms. The van der Waals surface area contributed by atoms with E-state index in [1.54, 1.807) is 17.2 Å². The Bertz CT molecular complexity index is 929. The van der Waals surface area contributed by atoms with Crippen LogP contribution in [0.5, 0.6) is 0 Å². The maximum absolute atomic E-state index is 12.7. The molecular weight excluding hydrogens is 362 g/mol. The molecule has 0 atom stereocenters. The van der Waals surface area contributed by atoms with Crippen molar-refractivity contribution in [2.75, 3.05) is 52.5 Å². The smallest absolute Gasteiger partial charge is 0.276 e. The highest BCUT2D eigenvalue weighted by Crippen LogP contribution is 2.24. The fourth-order valence-electron chi connectivity index (χ4n) is 3.30. The van der Waals surface area contributed by atoms with E-state index in [2.05, 4.69) is 20.3 Å². The van der Waals surface area contributed by atoms with Crippen molar-refractivity contribution in [2.45, 2.75) is 0 Å². The predicted molar refractivity (Wildman–Crippen MR) is 102 cm³/mol. The lowest BCUT2D eigenvalue weighted by molar-refractivity contribution is 0.0481. The van der Waals surface area contributed by atoms with Gasteiger partial charge in [-0.25, -0.2) is 0 Å². The zero-order valence-electron chi connectivity index (χ0n) is 15.5. The molecule has 1 aliphatic rings. The molecule has 9 heteroatoms. The van der Waals surface area contributed by atoms with Gasteiger partial charge in [0.2, 0.25) is 0 Å². The van der Waals surface area contributed by atoms with Crippen molar-refractivity contribution in [3.63, 3.8) is 0 Å². The standard InChI is InChI=1S/C19H23N5O4/c25-8-10-27-9-7-23-3-5-24(6-4-23)19(26)17-12-18(28-22-17)14-1-2-16-15(11-14)13-20-21-16/h1-2,11-13,25H,3-10H2,(H,20,21). The highest BCUT2D eigenvalue weighted by atomic mass is 16.5. The number of piperazine rings is 1. The van der Waals surface area contributed by atoms with Crippen LogP contribution in [0.25, 0.3) is 22.2 Å². The summed E-state index contributed by atoms with van der Waals surface area (Å²) in [6.45, 7) is 4.64. The summed E-state index contributed by atoms with van der Waals surface area (Å²) in [5.74, 6) is 0.446. The maximum Gasteiger partial charge on any atom is 0.276 e. The lowest BCUT2D eigenvalue weighted by atomic mass is 10.1. The van der Waals surface area contributed by atoms with Crippen molar-refractivity contribution in [3.05, 3.63) is 36.2 Å². The summed E-state index contributed by atoms with van der Waals surface area (Å²) in [6.07, 6.45) is 1.75. The van der Waals surface area contributed by atoms with Crippen LogP contribution < -0.4 is 0 Å². The van der Waals surface area contributed by atoms with Crippen molar-refractivity contribution in [3.8, 4) is 11.3 Å². The van der Waals surface area contributed by atoms with Gasteiger partial charge >= 0.3 is 0 Å². The van der Waals surface area contributed by atoms with E-state index in [0.717, 1.165) is 36.1 Å². The first-order chi connectivity index (χ1) is 13.7. The number of aromatic amines is 1. The number of benzene rings is 1. The Kier molecular flexibility index (Phi) is 5.65. The molecule has 1 saturated heterocycles. The van der Waals surface area contributed by atoms with Gasteiger partial charge in [-0.05, 0) is 18.2 Å². The molecule has 0 radical (unpaired) electrons. The number of H-pyrrole nitrogens is 1. The highest BCUT2D eigenvalue weighted by molar-refractivity contribution is 5.93. The number of aromatic nitrogens is 3. The molecule has 9 nitrogen and oxygen atoms in total. The van der Waals surface area contributed by atoms with E-state index in [0.29, 0.717) is 37.8 Å². The van der Waals surface area contributed by atoms with Crippen molar-refractivity contribution in [1.29, 1.82) is 0 Å². The van der Waals surface area contributed by atoms with Gasteiger partial charge in [-0.15, -0.1) is 0 Å². The second-order valence-electron chi connectivity index (χ2n) is 6.72. The molecule has 0 bridgehead atoms. The minimum atomic E-state index is -0.115. The maximum atomic E-state index is 12.7. The number of nitrogens with zero attached hydrogens (tertiary/aromatic N) is 4. The van der Waals surface area contributed by atoms with Crippen LogP contribution in [-0.4, -0.2) is 88.7 Å². The van der Waals surface area contributed by atoms with Gasteiger partial charge in [-0.2, -0.15) is 5.10 Å². The first-order valence-electron chi connectivity index (χ1n) is 9.35. The molecule has 1 amide bonds. The third kappa shape index (κ3) is 4.06. The van der Waals surface area contributed by atoms with Crippen LogP contribution in [0.4, 0.5) is 0 Å². The molecule has 0 saturated carbocycles. The number of hydrogen-bond acceptors (Lipinski definition) is 7. The highest BCUT2D eigenvalue weighted by Gasteiger charge is 2.24. The molecule has 2 aromatic heterocycles. The van der Waals surface area contributed by atoms with Crippen molar-refractivity contribution in [2.24, 2.45) is 0 Å². The average Bonchev–Trinajstić information content (AvgIpc) is 3.40. The Morgan fingerprint density at radius 2 is 2.07 bits per heavy atom. The Hall–Kier alpha value is -2.75. The summed E-state index contributed by atoms with van der Waals surface area (Å²) >= 11 is 0. The zero-order valence-corrected chi connectivity index (χ0v) is 15.5. The second-order valence-corrected chi connectivity index (χ2v) is 6.72. The van der Waals surface area contributed by atoms with E-state index in [1.807, 2.05) is 18.2 Å². The summed E-state index contributed by atoms with van der Waals surface area (Å²) in [4.78, 5) is 16.8. The number of hydrogen-bond donors (Lipinski definition) is 2. The summed E-state index contributed by atoms with van der Waals surface area (Å²) in [7, 11) is 0. The predicted octanol–water partition coefficient (Wildman–Crippen LogP) is 0.985. The number of aliphatic hydroxyl groups excluding tert-OH is 1. The van der Waals surface area contributed by atoms with Crippen molar-refractivity contribution < 1.29 is 19.2 Å². The van der Waals surface area contributed by atoms with E-state index in [4.69, 9.17) is 14.4 Å². The second kappa shape index (κ2) is 8.51. The Morgan fingerprint density at radius 1 is 1.21 bits per heavy atom. The number of carbonyl (C=O) groups is 1. The van der Waals surface area contributed by atoms with Crippen LogP contribution >= 0.6 is 0 Å². The minimum absolute atomic E-state index is 0.0396. The minimum Gasteiger partial charge on any atom is -0.394 e. The van der Waals surface area contributed by atoms with Gasteiger partial charge in [0.1, 0.15) is 0 Å². The lowest BCUT2D eigenvalue weighted by Crippen LogP contribution is -2.49. The van der Waals surface area contributed by atoms with Crippen LogP contribution in [0.2, 0.25) is 0 Å². The number of fused-ring (bicyclic) bond motifs is 1. The number of aliphatic hydroxyl groups is 1. The normalized spacial score (nSPS) is 15.4. The third-order valence-electron chi connectivity index (χ3n) is 4.90. The van der Waals surface area contributed by atoms with Gasteiger partial charge in [0.25, 0.3) is 5.91 Å². The van der Waals surface area contributed by atoms with Crippen LogP contribution in [0.1, 0.15) is 10.5 Å². The van der Waals surface area contributed by atoms with E-state index in [1.165, 1.54) is 0 Å². The van der Waals surface area contributed by atoms with Gasteiger partial charge in [0.05, 0.1) is 31.5 Å². The largest absolute Gasteiger partial charge is 0.394 e. The molecule has 3 heterocycles. The number of rotatable bonds is 7. The van der Waals surface area contributed by atoms with Gasteiger partial charge in [-0.3, -0.25) is 14.8 Å². The van der Waals surface area contributed by atoms with Crippen LogP contribution in [-0.2, 0) is 4.74 Å². The number of nitrogens with one attached hydrogen (secondary N) is 1. The topological polar surface area (TPSA) is 108 Å². The first-order valence-corrected chi connectivity index (χ1v) is 9.35.